The van der Waals surface area contributed by atoms with Crippen molar-refractivity contribution in [2.75, 3.05) is 6.61 Å². The van der Waals surface area contributed by atoms with Gasteiger partial charge in [-0.25, -0.2) is 0 Å². The molecular formula is C8H11F3O3. The molecule has 0 bridgehead atoms. The fourth-order valence-corrected chi connectivity index (χ4v) is 0.675. The monoisotopic (exact) mass is 212 g/mol. The van der Waals surface area contributed by atoms with Gasteiger partial charge in [0.15, 0.2) is 0 Å². The zero-order valence-electron chi connectivity index (χ0n) is 7.60. The molecule has 6 heteroatoms. The third kappa shape index (κ3) is 4.27. The third-order valence-electron chi connectivity index (χ3n) is 1.83. The van der Waals surface area contributed by atoms with E-state index in [9.17, 15) is 18.0 Å². The molecule has 1 unspecified atom stereocenters. The third-order valence-corrected chi connectivity index (χ3v) is 1.83. The maximum Gasteiger partial charge on any atom is 0.522 e. The SMILES string of the molecule is C=CC(C)(CCOC(F)(F)F)C(=O)O. The lowest BCUT2D eigenvalue weighted by Crippen LogP contribution is -2.28. The van der Waals surface area contributed by atoms with E-state index in [0.29, 0.717) is 0 Å². The van der Waals surface area contributed by atoms with Crippen molar-refractivity contribution in [1.82, 2.24) is 0 Å². The summed E-state index contributed by atoms with van der Waals surface area (Å²) in [6.45, 7) is 3.84. The predicted octanol–water partition coefficient (Wildman–Crippen LogP) is 2.19. The maximum absolute atomic E-state index is 11.5. The van der Waals surface area contributed by atoms with Gasteiger partial charge in [-0.3, -0.25) is 9.53 Å². The van der Waals surface area contributed by atoms with E-state index >= 15 is 0 Å². The van der Waals surface area contributed by atoms with Crippen LogP contribution in [0.1, 0.15) is 13.3 Å². The predicted molar refractivity (Wildman–Crippen MR) is 42.6 cm³/mol. The van der Waals surface area contributed by atoms with Gasteiger partial charge < -0.3 is 5.11 Å². The molecule has 0 spiro atoms. The second-order valence-electron chi connectivity index (χ2n) is 2.97. The molecule has 0 aliphatic carbocycles. The van der Waals surface area contributed by atoms with E-state index in [2.05, 4.69) is 11.3 Å². The van der Waals surface area contributed by atoms with Gasteiger partial charge in [0.25, 0.3) is 0 Å². The van der Waals surface area contributed by atoms with Crippen molar-refractivity contribution in [3.8, 4) is 0 Å². The number of carboxylic acids is 1. The van der Waals surface area contributed by atoms with Gasteiger partial charge in [0.05, 0.1) is 12.0 Å². The maximum atomic E-state index is 11.5. The number of alkyl halides is 3. The second kappa shape index (κ2) is 4.45. The second-order valence-corrected chi connectivity index (χ2v) is 2.97. The molecule has 3 nitrogen and oxygen atoms in total. The Morgan fingerprint density at radius 3 is 2.36 bits per heavy atom. The lowest BCUT2D eigenvalue weighted by molar-refractivity contribution is -0.325. The highest BCUT2D eigenvalue weighted by molar-refractivity contribution is 5.76. The molecule has 1 N–H and O–H groups in total. The summed E-state index contributed by atoms with van der Waals surface area (Å²) in [7, 11) is 0. The Kier molecular flexibility index (Phi) is 4.12. The Morgan fingerprint density at radius 1 is 1.57 bits per heavy atom. The van der Waals surface area contributed by atoms with Gasteiger partial charge in [-0.05, 0) is 13.3 Å². The smallest absolute Gasteiger partial charge is 0.481 e. The molecule has 0 fully saturated rings. The minimum absolute atomic E-state index is 0.272. The first-order valence-corrected chi connectivity index (χ1v) is 3.79. The highest BCUT2D eigenvalue weighted by Crippen LogP contribution is 2.25. The number of ether oxygens (including phenoxy) is 1. The van der Waals surface area contributed by atoms with E-state index in [0.717, 1.165) is 6.08 Å². The molecule has 82 valence electrons. The number of aliphatic carboxylic acids is 1. The van der Waals surface area contributed by atoms with Crippen LogP contribution in [0.2, 0.25) is 0 Å². The molecule has 0 aliphatic rings. The van der Waals surface area contributed by atoms with E-state index in [1.807, 2.05) is 0 Å². The van der Waals surface area contributed by atoms with E-state index in [1.165, 1.54) is 6.92 Å². The molecule has 0 amide bonds. The lowest BCUT2D eigenvalue weighted by Gasteiger charge is -2.20. The van der Waals surface area contributed by atoms with Crippen LogP contribution in [-0.2, 0) is 9.53 Å². The van der Waals surface area contributed by atoms with E-state index in [1.54, 1.807) is 0 Å². The minimum atomic E-state index is -4.72. The highest BCUT2D eigenvalue weighted by atomic mass is 19.4. The van der Waals surface area contributed by atoms with Gasteiger partial charge in [0.2, 0.25) is 0 Å². The molecule has 0 saturated carbocycles. The molecule has 0 heterocycles. The van der Waals surface area contributed by atoms with Crippen LogP contribution in [-0.4, -0.2) is 24.0 Å². The van der Waals surface area contributed by atoms with Crippen LogP contribution in [0.4, 0.5) is 13.2 Å². The molecule has 0 aromatic carbocycles. The zero-order valence-corrected chi connectivity index (χ0v) is 7.60. The summed E-state index contributed by atoms with van der Waals surface area (Å²) in [5.74, 6) is -1.22. The first-order chi connectivity index (χ1) is 6.21. The normalized spacial score (nSPS) is 16.0. The number of carbonyl (C=O) groups is 1. The van der Waals surface area contributed by atoms with Crippen LogP contribution in [0.25, 0.3) is 0 Å². The summed E-state index contributed by atoms with van der Waals surface area (Å²) >= 11 is 0. The molecule has 0 rings (SSSR count). The Morgan fingerprint density at radius 2 is 2.07 bits per heavy atom. The molecule has 0 aromatic rings. The number of carboxylic acid groups (broad SMARTS) is 1. The van der Waals surface area contributed by atoms with Gasteiger partial charge in [-0.1, -0.05) is 6.08 Å². The summed E-state index contributed by atoms with van der Waals surface area (Å²) < 4.78 is 38.1. The van der Waals surface area contributed by atoms with Crippen LogP contribution in [0, 0.1) is 5.41 Å². The largest absolute Gasteiger partial charge is 0.522 e. The summed E-state index contributed by atoms with van der Waals surface area (Å²) in [5.41, 5.74) is -1.38. The summed E-state index contributed by atoms with van der Waals surface area (Å²) in [4.78, 5) is 10.6. The minimum Gasteiger partial charge on any atom is -0.481 e. The standard InChI is InChI=1S/C8H11F3O3/c1-3-7(2,6(12)13)4-5-14-8(9,10)11/h3H,1,4-5H2,2H3,(H,12,13). The van der Waals surface area contributed by atoms with Crippen molar-refractivity contribution in [3.63, 3.8) is 0 Å². The van der Waals surface area contributed by atoms with Crippen LogP contribution >= 0.6 is 0 Å². The zero-order chi connectivity index (χ0) is 11.4. The van der Waals surface area contributed by atoms with Crippen LogP contribution in [0.3, 0.4) is 0 Å². The number of hydrogen-bond acceptors (Lipinski definition) is 2. The Balaban J connectivity index is 4.10. The Hall–Kier alpha value is -1.04. The summed E-state index contributed by atoms with van der Waals surface area (Å²) in [6, 6.07) is 0. The van der Waals surface area contributed by atoms with Crippen LogP contribution < -0.4 is 0 Å². The molecule has 0 radical (unpaired) electrons. The van der Waals surface area contributed by atoms with Crippen molar-refractivity contribution >= 4 is 5.97 Å². The van der Waals surface area contributed by atoms with Crippen molar-refractivity contribution in [2.45, 2.75) is 19.7 Å². The lowest BCUT2D eigenvalue weighted by atomic mass is 9.88. The Labute approximate surface area is 79.2 Å². The first-order valence-electron chi connectivity index (χ1n) is 3.79. The molecule has 14 heavy (non-hydrogen) atoms. The van der Waals surface area contributed by atoms with Crippen LogP contribution in [0.5, 0.6) is 0 Å². The molecule has 1 atom stereocenters. The van der Waals surface area contributed by atoms with E-state index < -0.39 is 24.4 Å². The molecule has 0 saturated heterocycles. The highest BCUT2D eigenvalue weighted by Gasteiger charge is 2.33. The molecular weight excluding hydrogens is 201 g/mol. The molecule has 0 aliphatic heterocycles. The van der Waals surface area contributed by atoms with Crippen LogP contribution in [0.15, 0.2) is 12.7 Å². The van der Waals surface area contributed by atoms with Crippen molar-refractivity contribution in [2.24, 2.45) is 5.41 Å². The number of hydrogen-bond donors (Lipinski definition) is 1. The van der Waals surface area contributed by atoms with Gasteiger partial charge in [-0.2, -0.15) is 0 Å². The van der Waals surface area contributed by atoms with Gasteiger partial charge in [0, 0.05) is 0 Å². The summed E-state index contributed by atoms with van der Waals surface area (Å²) in [5, 5.41) is 8.65. The van der Waals surface area contributed by atoms with E-state index in [4.69, 9.17) is 5.11 Å². The Bertz CT molecular complexity index is 224. The fraction of sp³-hybridized carbons (Fsp3) is 0.625. The quantitative estimate of drug-likeness (QED) is 0.710. The summed E-state index contributed by atoms with van der Waals surface area (Å²) in [6.07, 6.45) is -3.90. The van der Waals surface area contributed by atoms with Gasteiger partial charge >= 0.3 is 12.3 Å². The topological polar surface area (TPSA) is 46.5 Å². The van der Waals surface area contributed by atoms with Gasteiger partial charge in [0.1, 0.15) is 0 Å². The average molecular weight is 212 g/mol. The van der Waals surface area contributed by atoms with Crippen molar-refractivity contribution < 1.29 is 27.8 Å². The fourth-order valence-electron chi connectivity index (χ4n) is 0.675. The molecule has 0 aromatic heterocycles. The van der Waals surface area contributed by atoms with Gasteiger partial charge in [-0.15, -0.1) is 19.8 Å². The number of halogens is 3. The number of rotatable bonds is 5. The van der Waals surface area contributed by atoms with Crippen molar-refractivity contribution in [3.05, 3.63) is 12.7 Å². The van der Waals surface area contributed by atoms with E-state index in [-0.39, 0.29) is 6.42 Å². The first kappa shape index (κ1) is 13.0. The average Bonchev–Trinajstić information content (AvgIpc) is 2.01. The van der Waals surface area contributed by atoms with Crippen molar-refractivity contribution in [1.29, 1.82) is 0 Å².